The zero-order valence-electron chi connectivity index (χ0n) is 11.4. The molecule has 0 radical (unpaired) electrons. The first kappa shape index (κ1) is 14.1. The first-order valence-electron chi connectivity index (χ1n) is 6.19. The lowest BCUT2D eigenvalue weighted by Crippen LogP contribution is -2.26. The summed E-state index contributed by atoms with van der Waals surface area (Å²) in [7, 11) is -2.01. The number of hydrogen-bond acceptors (Lipinski definition) is 4. The van der Waals surface area contributed by atoms with Crippen molar-refractivity contribution in [2.75, 3.05) is 19.4 Å². The summed E-state index contributed by atoms with van der Waals surface area (Å²) < 4.78 is 31.9. The Morgan fingerprint density at radius 3 is 2.58 bits per heavy atom. The molecular weight excluding hydrogens is 264 g/mol. The minimum Gasteiger partial charge on any atom is -0.495 e. The number of benzene rings is 1. The Balaban J connectivity index is 2.09. The van der Waals surface area contributed by atoms with E-state index in [0.717, 1.165) is 6.42 Å². The van der Waals surface area contributed by atoms with Gasteiger partial charge in [-0.25, -0.2) is 13.1 Å². The van der Waals surface area contributed by atoms with Crippen LogP contribution < -0.4 is 15.2 Å². The Bertz CT molecular complexity index is 582. The van der Waals surface area contributed by atoms with E-state index in [1.165, 1.54) is 19.2 Å². The summed E-state index contributed by atoms with van der Waals surface area (Å²) in [6.07, 6.45) is 1.06. The average Bonchev–Trinajstić information content (AvgIpc) is 2.95. The molecule has 6 heteroatoms. The molecule has 0 heterocycles. The Hall–Kier alpha value is -1.27. The molecule has 1 fully saturated rings. The fraction of sp³-hybridized carbons (Fsp3) is 0.538. The molecule has 1 aliphatic carbocycles. The van der Waals surface area contributed by atoms with Crippen LogP contribution in [0.5, 0.6) is 5.75 Å². The Kier molecular flexibility index (Phi) is 3.49. The predicted molar refractivity (Wildman–Crippen MR) is 74.5 cm³/mol. The van der Waals surface area contributed by atoms with Crippen LogP contribution in [-0.4, -0.2) is 22.1 Å². The van der Waals surface area contributed by atoms with Crippen molar-refractivity contribution in [1.82, 2.24) is 4.72 Å². The average molecular weight is 284 g/mol. The van der Waals surface area contributed by atoms with E-state index in [1.807, 2.05) is 0 Å². The van der Waals surface area contributed by atoms with Gasteiger partial charge in [0.15, 0.2) is 0 Å². The van der Waals surface area contributed by atoms with E-state index in [1.54, 1.807) is 6.07 Å². The summed E-state index contributed by atoms with van der Waals surface area (Å²) in [5.41, 5.74) is 6.29. The standard InChI is InChI=1S/C13H20N2O3S/c1-13(2)7-9(13)8-15-19(16,17)10-4-5-12(18-3)11(14)6-10/h4-6,9,15H,7-8,14H2,1-3H3. The van der Waals surface area contributed by atoms with Crippen molar-refractivity contribution in [2.24, 2.45) is 11.3 Å². The van der Waals surface area contributed by atoms with Gasteiger partial charge in [-0.2, -0.15) is 0 Å². The molecule has 19 heavy (non-hydrogen) atoms. The summed E-state index contributed by atoms with van der Waals surface area (Å²) in [4.78, 5) is 0.171. The fourth-order valence-corrected chi connectivity index (χ4v) is 3.21. The number of nitrogens with two attached hydrogens (primary N) is 1. The molecule has 3 N–H and O–H groups in total. The molecule has 0 saturated heterocycles. The van der Waals surface area contributed by atoms with E-state index in [9.17, 15) is 8.42 Å². The van der Waals surface area contributed by atoms with Crippen LogP contribution in [0, 0.1) is 11.3 Å². The third kappa shape index (κ3) is 3.01. The number of sulfonamides is 1. The lowest BCUT2D eigenvalue weighted by atomic mass is 10.1. The Morgan fingerprint density at radius 2 is 2.11 bits per heavy atom. The maximum Gasteiger partial charge on any atom is 0.240 e. The molecule has 1 aromatic rings. The van der Waals surface area contributed by atoms with Gasteiger partial charge in [-0.05, 0) is 36.0 Å². The van der Waals surface area contributed by atoms with Crippen molar-refractivity contribution < 1.29 is 13.2 Å². The molecular formula is C13H20N2O3S. The van der Waals surface area contributed by atoms with Crippen LogP contribution in [0.3, 0.4) is 0 Å². The normalized spacial score (nSPS) is 21.1. The lowest BCUT2D eigenvalue weighted by Gasteiger charge is -2.10. The molecule has 0 amide bonds. The SMILES string of the molecule is COc1ccc(S(=O)(=O)NCC2CC2(C)C)cc1N. The van der Waals surface area contributed by atoms with Crippen LogP contribution in [-0.2, 0) is 10.0 Å². The number of hydrogen-bond donors (Lipinski definition) is 2. The van der Waals surface area contributed by atoms with Crippen molar-refractivity contribution in [3.8, 4) is 5.75 Å². The van der Waals surface area contributed by atoms with Gasteiger partial charge in [-0.3, -0.25) is 0 Å². The number of nitrogens with one attached hydrogen (secondary N) is 1. The van der Waals surface area contributed by atoms with Crippen LogP contribution >= 0.6 is 0 Å². The van der Waals surface area contributed by atoms with Crippen molar-refractivity contribution >= 4 is 15.7 Å². The number of methoxy groups -OCH3 is 1. The lowest BCUT2D eigenvalue weighted by molar-refractivity contribution is 0.416. The Labute approximate surface area is 114 Å². The third-order valence-electron chi connectivity index (χ3n) is 3.75. The summed E-state index contributed by atoms with van der Waals surface area (Å²) in [6.45, 7) is 4.75. The van der Waals surface area contributed by atoms with Gasteiger partial charge in [0.1, 0.15) is 5.75 Å². The van der Waals surface area contributed by atoms with E-state index < -0.39 is 10.0 Å². The molecule has 106 valence electrons. The van der Waals surface area contributed by atoms with Crippen molar-refractivity contribution in [2.45, 2.75) is 25.2 Å². The van der Waals surface area contributed by atoms with Crippen molar-refractivity contribution in [1.29, 1.82) is 0 Å². The van der Waals surface area contributed by atoms with Gasteiger partial charge in [0.2, 0.25) is 10.0 Å². The molecule has 1 atom stereocenters. The van der Waals surface area contributed by atoms with E-state index in [2.05, 4.69) is 18.6 Å². The quantitative estimate of drug-likeness (QED) is 0.805. The molecule has 1 aromatic carbocycles. The summed E-state index contributed by atoms with van der Waals surface area (Å²) in [5, 5.41) is 0. The molecule has 0 spiro atoms. The van der Waals surface area contributed by atoms with Gasteiger partial charge in [-0.15, -0.1) is 0 Å². The molecule has 2 rings (SSSR count). The largest absolute Gasteiger partial charge is 0.495 e. The highest BCUT2D eigenvalue weighted by atomic mass is 32.2. The fourth-order valence-electron chi connectivity index (χ4n) is 2.10. The molecule has 5 nitrogen and oxygen atoms in total. The zero-order chi connectivity index (χ0) is 14.3. The number of ether oxygens (including phenoxy) is 1. The third-order valence-corrected chi connectivity index (χ3v) is 5.17. The predicted octanol–water partition coefficient (Wildman–Crippen LogP) is 1.60. The van der Waals surface area contributed by atoms with Crippen molar-refractivity contribution in [3.63, 3.8) is 0 Å². The monoisotopic (exact) mass is 284 g/mol. The minimum atomic E-state index is -3.50. The van der Waals surface area contributed by atoms with Crippen LogP contribution in [0.2, 0.25) is 0 Å². The van der Waals surface area contributed by atoms with Crippen LogP contribution in [0.15, 0.2) is 23.1 Å². The van der Waals surface area contributed by atoms with E-state index in [0.29, 0.717) is 23.9 Å². The van der Waals surface area contributed by atoms with Crippen molar-refractivity contribution in [3.05, 3.63) is 18.2 Å². The number of rotatable bonds is 5. The highest BCUT2D eigenvalue weighted by Gasteiger charge is 2.45. The smallest absolute Gasteiger partial charge is 0.240 e. The van der Waals surface area contributed by atoms with Gasteiger partial charge in [-0.1, -0.05) is 13.8 Å². The molecule has 0 bridgehead atoms. The molecule has 1 aliphatic rings. The van der Waals surface area contributed by atoms with E-state index >= 15 is 0 Å². The second kappa shape index (κ2) is 4.68. The van der Waals surface area contributed by atoms with Gasteiger partial charge in [0, 0.05) is 6.54 Å². The summed E-state index contributed by atoms with van der Waals surface area (Å²) in [5.74, 6) is 0.889. The van der Waals surface area contributed by atoms with Gasteiger partial charge in [0.05, 0.1) is 17.7 Å². The second-order valence-corrected chi connectivity index (χ2v) is 7.41. The van der Waals surface area contributed by atoms with Crippen LogP contribution in [0.4, 0.5) is 5.69 Å². The minimum absolute atomic E-state index is 0.171. The van der Waals surface area contributed by atoms with Crippen LogP contribution in [0.25, 0.3) is 0 Å². The molecule has 0 aromatic heterocycles. The first-order valence-corrected chi connectivity index (χ1v) is 7.68. The van der Waals surface area contributed by atoms with Gasteiger partial charge < -0.3 is 10.5 Å². The maximum absolute atomic E-state index is 12.1. The van der Waals surface area contributed by atoms with Gasteiger partial charge >= 0.3 is 0 Å². The summed E-state index contributed by atoms with van der Waals surface area (Å²) >= 11 is 0. The Morgan fingerprint density at radius 1 is 1.47 bits per heavy atom. The second-order valence-electron chi connectivity index (χ2n) is 5.65. The topological polar surface area (TPSA) is 81.4 Å². The maximum atomic E-state index is 12.1. The highest BCUT2D eigenvalue weighted by Crippen LogP contribution is 2.51. The molecule has 1 saturated carbocycles. The van der Waals surface area contributed by atoms with Crippen LogP contribution in [0.1, 0.15) is 20.3 Å². The molecule has 1 unspecified atom stereocenters. The van der Waals surface area contributed by atoms with E-state index in [-0.39, 0.29) is 10.3 Å². The first-order chi connectivity index (χ1) is 8.76. The number of nitrogen functional groups attached to an aromatic ring is 1. The highest BCUT2D eigenvalue weighted by molar-refractivity contribution is 7.89. The number of anilines is 1. The zero-order valence-corrected chi connectivity index (χ0v) is 12.3. The summed E-state index contributed by atoms with van der Waals surface area (Å²) in [6, 6.07) is 4.47. The van der Waals surface area contributed by atoms with E-state index in [4.69, 9.17) is 10.5 Å². The van der Waals surface area contributed by atoms with Gasteiger partial charge in [0.25, 0.3) is 0 Å². The molecule has 0 aliphatic heterocycles.